The molecule has 0 unspecified atom stereocenters. The zero-order valence-electron chi connectivity index (χ0n) is 23.0. The van der Waals surface area contributed by atoms with Crippen LogP contribution in [0.15, 0.2) is 34.8 Å². The standard InChI is InChI=1S/C27H27Cl2F2N3O6S3/c1-14-26(42-15(2)33-14)43(36,37)34-7-8-41-24(34)25(35)39-22(10-18-19(28)11-32-12-20(18)29)17-5-6-21(40-27(30)31)23(9-17)38-13-16-3-4-16/h5-6,9,11-12,16,22,24,27H,3-4,7-8,10,13H2,1-2H3/t22-,24-/m0/s1. The van der Waals surface area contributed by atoms with E-state index >= 15 is 0 Å². The van der Waals surface area contributed by atoms with Crippen LogP contribution in [-0.4, -0.2) is 59.6 Å². The lowest BCUT2D eigenvalue weighted by atomic mass is 10.0. The van der Waals surface area contributed by atoms with Gasteiger partial charge in [-0.1, -0.05) is 29.3 Å². The van der Waals surface area contributed by atoms with Gasteiger partial charge in [0, 0.05) is 31.1 Å². The summed E-state index contributed by atoms with van der Waals surface area (Å²) in [6.45, 7) is 0.665. The van der Waals surface area contributed by atoms with E-state index in [1.807, 2.05) is 0 Å². The minimum atomic E-state index is -4.04. The van der Waals surface area contributed by atoms with E-state index in [4.69, 9.17) is 32.7 Å². The Labute approximate surface area is 265 Å². The van der Waals surface area contributed by atoms with E-state index in [-0.39, 0.29) is 38.7 Å². The Morgan fingerprint density at radius 1 is 1.16 bits per heavy atom. The molecule has 1 saturated carbocycles. The van der Waals surface area contributed by atoms with Crippen LogP contribution in [0.1, 0.15) is 40.8 Å². The van der Waals surface area contributed by atoms with E-state index in [0.29, 0.717) is 40.1 Å². The molecule has 0 N–H and O–H groups in total. The van der Waals surface area contributed by atoms with E-state index in [9.17, 15) is 22.0 Å². The Bertz CT molecular complexity index is 1590. The first kappa shape index (κ1) is 32.2. The summed E-state index contributed by atoms with van der Waals surface area (Å²) in [6, 6.07) is 4.26. The smallest absolute Gasteiger partial charge is 0.387 e. The SMILES string of the molecule is Cc1nc(C)c(S(=O)(=O)N2CCS[C@H]2C(=O)O[C@@H](Cc2c(Cl)cncc2Cl)c2ccc(OC(F)F)c(OCC3CC3)c2)s1. The van der Waals surface area contributed by atoms with Crippen LogP contribution >= 0.6 is 46.3 Å². The molecule has 2 aromatic heterocycles. The molecule has 5 rings (SSSR count). The van der Waals surface area contributed by atoms with Gasteiger partial charge in [0.05, 0.1) is 27.4 Å². The number of hydrogen-bond donors (Lipinski definition) is 0. The average Bonchev–Trinajstić information content (AvgIpc) is 3.50. The molecular weight excluding hydrogens is 667 g/mol. The summed E-state index contributed by atoms with van der Waals surface area (Å²) in [6.07, 6.45) is 3.68. The first-order valence-corrected chi connectivity index (χ1v) is 17.3. The largest absolute Gasteiger partial charge is 0.489 e. The van der Waals surface area contributed by atoms with Gasteiger partial charge in [-0.05, 0) is 55.9 Å². The van der Waals surface area contributed by atoms with Crippen LogP contribution < -0.4 is 9.47 Å². The zero-order chi connectivity index (χ0) is 30.9. The maximum absolute atomic E-state index is 13.7. The van der Waals surface area contributed by atoms with Crippen molar-refractivity contribution in [2.75, 3.05) is 18.9 Å². The van der Waals surface area contributed by atoms with E-state index in [0.717, 1.165) is 40.2 Å². The average molecular weight is 695 g/mol. The highest BCUT2D eigenvalue weighted by molar-refractivity contribution is 8.02. The van der Waals surface area contributed by atoms with Gasteiger partial charge in [0.15, 0.2) is 21.1 Å². The number of carbonyl (C=O) groups excluding carboxylic acids is 1. The van der Waals surface area contributed by atoms with Crippen LogP contribution in [0.2, 0.25) is 10.0 Å². The molecule has 0 radical (unpaired) electrons. The van der Waals surface area contributed by atoms with Gasteiger partial charge < -0.3 is 14.2 Å². The summed E-state index contributed by atoms with van der Waals surface area (Å²) in [5.41, 5.74) is 1.18. The normalized spacial score (nSPS) is 18.2. The fourth-order valence-electron chi connectivity index (χ4n) is 4.51. The summed E-state index contributed by atoms with van der Waals surface area (Å²) < 4.78 is 71.0. The number of pyridine rings is 1. The van der Waals surface area contributed by atoms with E-state index < -0.39 is 34.1 Å². The molecule has 0 spiro atoms. The van der Waals surface area contributed by atoms with Crippen molar-refractivity contribution in [2.45, 2.75) is 55.4 Å². The number of hydrogen-bond acceptors (Lipinski definition) is 10. The molecule has 43 heavy (non-hydrogen) atoms. The van der Waals surface area contributed by atoms with E-state index in [1.165, 1.54) is 30.6 Å². The molecule has 16 heteroatoms. The highest BCUT2D eigenvalue weighted by Gasteiger charge is 2.43. The van der Waals surface area contributed by atoms with E-state index in [1.54, 1.807) is 13.8 Å². The molecule has 1 aliphatic carbocycles. The van der Waals surface area contributed by atoms with Crippen molar-refractivity contribution < 1.29 is 36.2 Å². The molecular formula is C27H27Cl2F2N3O6S3. The lowest BCUT2D eigenvalue weighted by molar-refractivity contribution is -0.150. The third-order valence-corrected chi connectivity index (χ3v) is 12.3. The topological polar surface area (TPSA) is 108 Å². The molecule has 3 aromatic rings. The van der Waals surface area contributed by atoms with Crippen molar-refractivity contribution in [2.24, 2.45) is 5.92 Å². The third-order valence-electron chi connectivity index (χ3n) is 6.78. The molecule has 2 fully saturated rings. The summed E-state index contributed by atoms with van der Waals surface area (Å²) in [4.78, 5) is 21.9. The maximum atomic E-state index is 13.7. The Hall–Kier alpha value is -2.23. The van der Waals surface area contributed by atoms with Gasteiger partial charge in [0.25, 0.3) is 10.0 Å². The highest BCUT2D eigenvalue weighted by Crippen LogP contribution is 2.40. The Kier molecular flexibility index (Phi) is 10.0. The maximum Gasteiger partial charge on any atom is 0.387 e. The second kappa shape index (κ2) is 13.4. The van der Waals surface area contributed by atoms with Crippen molar-refractivity contribution in [3.63, 3.8) is 0 Å². The number of esters is 1. The number of aryl methyl sites for hydroxylation is 2. The number of halogens is 4. The number of nitrogens with zero attached hydrogens (tertiary/aromatic N) is 3. The van der Waals surface area contributed by atoms with Gasteiger partial charge in [0.2, 0.25) is 0 Å². The molecule has 2 atom stereocenters. The van der Waals surface area contributed by atoms with Crippen molar-refractivity contribution in [1.82, 2.24) is 14.3 Å². The molecule has 1 saturated heterocycles. The number of ether oxygens (including phenoxy) is 3. The second-order valence-corrected chi connectivity index (χ2v) is 15.3. The molecule has 2 aliphatic rings. The number of thiazole rings is 1. The van der Waals surface area contributed by atoms with Crippen LogP contribution in [0.5, 0.6) is 11.5 Å². The molecule has 1 aliphatic heterocycles. The van der Waals surface area contributed by atoms with Crippen molar-refractivity contribution in [3.8, 4) is 11.5 Å². The molecule has 9 nitrogen and oxygen atoms in total. The second-order valence-electron chi connectivity index (χ2n) is 10.00. The lowest BCUT2D eigenvalue weighted by Gasteiger charge is -2.25. The molecule has 3 heterocycles. The Balaban J connectivity index is 1.47. The number of rotatable bonds is 12. The fourth-order valence-corrected chi connectivity index (χ4v) is 9.67. The van der Waals surface area contributed by atoms with Crippen molar-refractivity contribution >= 4 is 62.3 Å². The van der Waals surface area contributed by atoms with Gasteiger partial charge in [-0.25, -0.2) is 18.2 Å². The predicted octanol–water partition coefficient (Wildman–Crippen LogP) is 6.44. The van der Waals surface area contributed by atoms with E-state index in [2.05, 4.69) is 14.7 Å². The minimum Gasteiger partial charge on any atom is -0.489 e. The fraction of sp³-hybridized carbons (Fsp3) is 0.444. The van der Waals surface area contributed by atoms with Gasteiger partial charge in [-0.2, -0.15) is 13.1 Å². The third kappa shape index (κ3) is 7.54. The number of benzene rings is 1. The van der Waals surface area contributed by atoms with Crippen LogP contribution in [0, 0.1) is 19.8 Å². The highest BCUT2D eigenvalue weighted by atomic mass is 35.5. The Morgan fingerprint density at radius 3 is 2.51 bits per heavy atom. The van der Waals surface area contributed by atoms with Crippen LogP contribution in [0.3, 0.4) is 0 Å². The molecule has 0 bridgehead atoms. The van der Waals surface area contributed by atoms with Crippen molar-refractivity contribution in [1.29, 1.82) is 0 Å². The lowest BCUT2D eigenvalue weighted by Crippen LogP contribution is -2.40. The summed E-state index contributed by atoms with van der Waals surface area (Å²) >= 11 is 15.0. The van der Waals surface area contributed by atoms with Gasteiger partial charge in [0.1, 0.15) is 6.10 Å². The minimum absolute atomic E-state index is 0.0136. The van der Waals surface area contributed by atoms with Crippen LogP contribution in [-0.2, 0) is 26.0 Å². The monoisotopic (exact) mass is 693 g/mol. The molecule has 1 aromatic carbocycles. The number of carbonyl (C=O) groups is 1. The van der Waals surface area contributed by atoms with Gasteiger partial charge >= 0.3 is 12.6 Å². The number of aromatic nitrogens is 2. The first-order valence-electron chi connectivity index (χ1n) is 13.2. The number of sulfonamides is 1. The number of alkyl halides is 2. The van der Waals surface area contributed by atoms with Gasteiger partial charge in [-0.15, -0.1) is 23.1 Å². The zero-order valence-corrected chi connectivity index (χ0v) is 26.9. The first-order chi connectivity index (χ1) is 20.4. The predicted molar refractivity (Wildman–Crippen MR) is 160 cm³/mol. The van der Waals surface area contributed by atoms with Crippen LogP contribution in [0.4, 0.5) is 8.78 Å². The number of thioether (sulfide) groups is 1. The van der Waals surface area contributed by atoms with Crippen molar-refractivity contribution in [3.05, 3.63) is 62.5 Å². The summed E-state index contributed by atoms with van der Waals surface area (Å²) in [7, 11) is -4.04. The van der Waals surface area contributed by atoms with Crippen LogP contribution in [0.25, 0.3) is 0 Å². The van der Waals surface area contributed by atoms with Gasteiger partial charge in [-0.3, -0.25) is 4.98 Å². The summed E-state index contributed by atoms with van der Waals surface area (Å²) in [5, 5.41) is -0.115. The molecule has 0 amide bonds. The quantitative estimate of drug-likeness (QED) is 0.198. The summed E-state index contributed by atoms with van der Waals surface area (Å²) in [5.74, 6) is -0.202. The molecule has 232 valence electrons. The Morgan fingerprint density at radius 2 is 1.88 bits per heavy atom.